The van der Waals surface area contributed by atoms with Crippen molar-refractivity contribution in [3.63, 3.8) is 0 Å². The van der Waals surface area contributed by atoms with Gasteiger partial charge in [0.05, 0.1) is 5.69 Å². The minimum Gasteiger partial charge on any atom is -0.506 e. The summed E-state index contributed by atoms with van der Waals surface area (Å²) in [7, 11) is 0. The molecule has 0 heterocycles. The molecule has 1 amide bonds. The van der Waals surface area contributed by atoms with E-state index in [0.29, 0.717) is 18.0 Å². The summed E-state index contributed by atoms with van der Waals surface area (Å²) in [6.07, 6.45) is 6.69. The molecule has 1 aliphatic rings. The molecule has 0 atom stereocenters. The van der Waals surface area contributed by atoms with Gasteiger partial charge in [-0.2, -0.15) is 0 Å². The molecular formula is C14H19NO2. The van der Waals surface area contributed by atoms with Crippen molar-refractivity contribution in [1.82, 2.24) is 0 Å². The van der Waals surface area contributed by atoms with Crippen LogP contribution in [-0.2, 0) is 4.79 Å². The highest BCUT2D eigenvalue weighted by atomic mass is 16.3. The molecule has 2 N–H and O–H groups in total. The molecule has 0 aliphatic heterocycles. The van der Waals surface area contributed by atoms with Crippen LogP contribution < -0.4 is 5.32 Å². The van der Waals surface area contributed by atoms with Crippen LogP contribution in [0, 0.1) is 5.92 Å². The van der Waals surface area contributed by atoms with E-state index in [1.165, 1.54) is 19.3 Å². The molecule has 0 aromatic heterocycles. The van der Waals surface area contributed by atoms with Crippen LogP contribution in [0.4, 0.5) is 5.69 Å². The maximum atomic E-state index is 11.8. The lowest BCUT2D eigenvalue weighted by Gasteiger charge is -2.20. The smallest absolute Gasteiger partial charge is 0.224 e. The van der Waals surface area contributed by atoms with Gasteiger partial charge in [0.2, 0.25) is 5.91 Å². The van der Waals surface area contributed by atoms with Gasteiger partial charge in [-0.15, -0.1) is 0 Å². The number of hydrogen-bond donors (Lipinski definition) is 2. The molecule has 1 aromatic carbocycles. The van der Waals surface area contributed by atoms with Crippen LogP contribution in [0.15, 0.2) is 24.3 Å². The van der Waals surface area contributed by atoms with Crippen molar-refractivity contribution in [1.29, 1.82) is 0 Å². The molecule has 0 radical (unpaired) electrons. The minimum absolute atomic E-state index is 0.0124. The Hall–Kier alpha value is -1.51. The van der Waals surface area contributed by atoms with E-state index < -0.39 is 0 Å². The van der Waals surface area contributed by atoms with Gasteiger partial charge >= 0.3 is 0 Å². The van der Waals surface area contributed by atoms with Gasteiger partial charge in [-0.05, 0) is 30.9 Å². The zero-order valence-corrected chi connectivity index (χ0v) is 9.98. The summed E-state index contributed by atoms with van der Waals surface area (Å²) in [6.45, 7) is 0. The molecule has 17 heavy (non-hydrogen) atoms. The van der Waals surface area contributed by atoms with Crippen LogP contribution in [0.2, 0.25) is 0 Å². The third-order valence-electron chi connectivity index (χ3n) is 3.38. The van der Waals surface area contributed by atoms with Crippen molar-refractivity contribution in [2.75, 3.05) is 5.32 Å². The Kier molecular flexibility index (Phi) is 4.02. The fourth-order valence-electron chi connectivity index (χ4n) is 2.43. The molecule has 1 aromatic rings. The molecule has 92 valence electrons. The molecule has 0 unspecified atom stereocenters. The predicted molar refractivity (Wildman–Crippen MR) is 67.9 cm³/mol. The van der Waals surface area contributed by atoms with Crippen molar-refractivity contribution in [3.8, 4) is 5.75 Å². The van der Waals surface area contributed by atoms with Gasteiger partial charge in [0.15, 0.2) is 0 Å². The summed E-state index contributed by atoms with van der Waals surface area (Å²) < 4.78 is 0. The van der Waals surface area contributed by atoms with Gasteiger partial charge in [-0.1, -0.05) is 31.4 Å². The third-order valence-corrected chi connectivity index (χ3v) is 3.38. The first-order chi connectivity index (χ1) is 8.25. The van der Waals surface area contributed by atoms with E-state index in [0.717, 1.165) is 12.8 Å². The molecule has 1 aliphatic carbocycles. The quantitative estimate of drug-likeness (QED) is 0.787. The second kappa shape index (κ2) is 5.71. The summed E-state index contributed by atoms with van der Waals surface area (Å²) in [5, 5.41) is 12.3. The van der Waals surface area contributed by atoms with Crippen LogP contribution in [0.25, 0.3) is 0 Å². The lowest BCUT2D eigenvalue weighted by molar-refractivity contribution is -0.117. The third kappa shape index (κ3) is 3.48. The number of anilines is 1. The average Bonchev–Trinajstić information content (AvgIpc) is 2.33. The number of phenols is 1. The Morgan fingerprint density at radius 3 is 2.65 bits per heavy atom. The van der Waals surface area contributed by atoms with Crippen molar-refractivity contribution < 1.29 is 9.90 Å². The number of amides is 1. The van der Waals surface area contributed by atoms with Crippen molar-refractivity contribution >= 4 is 11.6 Å². The number of aromatic hydroxyl groups is 1. The van der Waals surface area contributed by atoms with Crippen LogP contribution in [0.1, 0.15) is 38.5 Å². The lowest BCUT2D eigenvalue weighted by Crippen LogP contribution is -2.18. The number of phenolic OH excluding ortho intramolecular Hbond substituents is 1. The normalized spacial score (nSPS) is 16.7. The van der Waals surface area contributed by atoms with E-state index in [-0.39, 0.29) is 11.7 Å². The number of carbonyl (C=O) groups is 1. The Balaban J connectivity index is 1.86. The minimum atomic E-state index is 0.0124. The standard InChI is InChI=1S/C14H19NO2/c16-13-9-5-4-8-12(13)15-14(17)10-11-6-2-1-3-7-11/h4-5,8-9,11,16H,1-3,6-7,10H2,(H,15,17). The first kappa shape index (κ1) is 12.0. The number of carbonyl (C=O) groups excluding carboxylic acids is 1. The summed E-state index contributed by atoms with van der Waals surface area (Å²) in [6, 6.07) is 6.84. The molecule has 3 heteroatoms. The van der Waals surface area contributed by atoms with Crippen molar-refractivity contribution in [2.45, 2.75) is 38.5 Å². The fraction of sp³-hybridized carbons (Fsp3) is 0.500. The maximum Gasteiger partial charge on any atom is 0.224 e. The second-order valence-electron chi connectivity index (χ2n) is 4.77. The van der Waals surface area contributed by atoms with E-state index in [1.54, 1.807) is 24.3 Å². The highest BCUT2D eigenvalue weighted by Gasteiger charge is 2.17. The van der Waals surface area contributed by atoms with Gasteiger partial charge in [0.25, 0.3) is 0 Å². The molecular weight excluding hydrogens is 214 g/mol. The Bertz CT molecular complexity index is 384. The van der Waals surface area contributed by atoms with Gasteiger partial charge in [-0.3, -0.25) is 4.79 Å². The van der Waals surface area contributed by atoms with Gasteiger partial charge in [0.1, 0.15) is 5.75 Å². The summed E-state index contributed by atoms with van der Waals surface area (Å²) in [5.74, 6) is 0.664. The van der Waals surface area contributed by atoms with Crippen molar-refractivity contribution in [3.05, 3.63) is 24.3 Å². The van der Waals surface area contributed by atoms with E-state index >= 15 is 0 Å². The number of nitrogens with one attached hydrogen (secondary N) is 1. The van der Waals surface area contributed by atoms with Crippen LogP contribution in [0.3, 0.4) is 0 Å². The maximum absolute atomic E-state index is 11.8. The molecule has 0 bridgehead atoms. The zero-order valence-electron chi connectivity index (χ0n) is 9.98. The van der Waals surface area contributed by atoms with Crippen LogP contribution >= 0.6 is 0 Å². The second-order valence-corrected chi connectivity index (χ2v) is 4.77. The average molecular weight is 233 g/mol. The highest BCUT2D eigenvalue weighted by Crippen LogP contribution is 2.27. The first-order valence-corrected chi connectivity index (χ1v) is 6.33. The number of hydrogen-bond acceptors (Lipinski definition) is 2. The van der Waals surface area contributed by atoms with Gasteiger partial charge in [0, 0.05) is 6.42 Å². The van der Waals surface area contributed by atoms with E-state index in [4.69, 9.17) is 0 Å². The molecule has 2 rings (SSSR count). The number of para-hydroxylation sites is 2. The first-order valence-electron chi connectivity index (χ1n) is 6.33. The largest absolute Gasteiger partial charge is 0.506 e. The van der Waals surface area contributed by atoms with Crippen LogP contribution in [0.5, 0.6) is 5.75 Å². The Morgan fingerprint density at radius 1 is 1.24 bits per heavy atom. The summed E-state index contributed by atoms with van der Waals surface area (Å²) in [4.78, 5) is 11.8. The number of rotatable bonds is 3. The molecule has 3 nitrogen and oxygen atoms in total. The molecule has 1 saturated carbocycles. The molecule has 0 spiro atoms. The molecule has 0 saturated heterocycles. The van der Waals surface area contributed by atoms with Gasteiger partial charge in [-0.25, -0.2) is 0 Å². The summed E-state index contributed by atoms with van der Waals surface area (Å²) in [5.41, 5.74) is 0.508. The van der Waals surface area contributed by atoms with E-state index in [1.807, 2.05) is 0 Å². The van der Waals surface area contributed by atoms with Crippen LogP contribution in [-0.4, -0.2) is 11.0 Å². The SMILES string of the molecule is O=C(CC1CCCCC1)Nc1ccccc1O. The van der Waals surface area contributed by atoms with E-state index in [9.17, 15) is 9.90 Å². The van der Waals surface area contributed by atoms with Crippen molar-refractivity contribution in [2.24, 2.45) is 5.92 Å². The fourth-order valence-corrected chi connectivity index (χ4v) is 2.43. The molecule has 1 fully saturated rings. The van der Waals surface area contributed by atoms with E-state index in [2.05, 4.69) is 5.32 Å². The van der Waals surface area contributed by atoms with Gasteiger partial charge < -0.3 is 10.4 Å². The Labute approximate surface area is 102 Å². The summed E-state index contributed by atoms with van der Waals surface area (Å²) >= 11 is 0. The lowest BCUT2D eigenvalue weighted by atomic mass is 9.87. The monoisotopic (exact) mass is 233 g/mol. The topological polar surface area (TPSA) is 49.3 Å². The highest BCUT2D eigenvalue weighted by molar-refractivity contribution is 5.92. The Morgan fingerprint density at radius 2 is 1.94 bits per heavy atom. The number of benzene rings is 1. The predicted octanol–water partition coefficient (Wildman–Crippen LogP) is 3.30. The zero-order chi connectivity index (χ0) is 12.1.